The van der Waals surface area contributed by atoms with E-state index in [2.05, 4.69) is 11.9 Å². The molecule has 0 saturated carbocycles. The highest BCUT2D eigenvalue weighted by atomic mass is 32.1. The Morgan fingerprint density at radius 3 is 2.73 bits per heavy atom. The van der Waals surface area contributed by atoms with Crippen molar-refractivity contribution in [1.29, 1.82) is 0 Å². The van der Waals surface area contributed by atoms with E-state index in [1.807, 2.05) is 17.5 Å². The molecule has 2 aromatic rings. The molecule has 1 N–H and O–H groups in total. The van der Waals surface area contributed by atoms with Crippen molar-refractivity contribution in [2.24, 2.45) is 0 Å². The lowest BCUT2D eigenvalue weighted by atomic mass is 10.3. The number of nitrogens with zero attached hydrogens (tertiary/aromatic N) is 2. The number of likely N-dealkylation sites (N-methyl/N-ethyl adjacent to an activating group) is 1. The molecule has 7 heteroatoms. The molecule has 0 saturated heterocycles. The van der Waals surface area contributed by atoms with Crippen LogP contribution in [0.4, 0.5) is 10.1 Å². The van der Waals surface area contributed by atoms with Crippen LogP contribution in [0, 0.1) is 5.82 Å². The van der Waals surface area contributed by atoms with Crippen LogP contribution in [-0.4, -0.2) is 48.3 Å². The molecule has 1 aromatic heterocycles. The van der Waals surface area contributed by atoms with E-state index in [0.29, 0.717) is 18.8 Å². The molecule has 0 unspecified atom stereocenters. The van der Waals surface area contributed by atoms with Crippen molar-refractivity contribution in [3.05, 3.63) is 65.1 Å². The van der Waals surface area contributed by atoms with Gasteiger partial charge in [-0.2, -0.15) is 0 Å². The average molecular weight is 375 g/mol. The Hall–Kier alpha value is -2.51. The summed E-state index contributed by atoms with van der Waals surface area (Å²) in [6, 6.07) is 9.61. The molecule has 0 fully saturated rings. The van der Waals surface area contributed by atoms with Crippen molar-refractivity contribution in [3.63, 3.8) is 0 Å². The van der Waals surface area contributed by atoms with Crippen LogP contribution in [0.5, 0.6) is 0 Å². The first-order chi connectivity index (χ1) is 12.5. The van der Waals surface area contributed by atoms with Crippen LogP contribution in [0.3, 0.4) is 0 Å². The maximum absolute atomic E-state index is 13.1. The Balaban J connectivity index is 1.85. The number of carbonyl (C=O) groups is 2. The molecule has 1 heterocycles. The molecule has 0 radical (unpaired) electrons. The van der Waals surface area contributed by atoms with Crippen LogP contribution < -0.4 is 5.32 Å². The van der Waals surface area contributed by atoms with E-state index in [9.17, 15) is 14.0 Å². The first-order valence-electron chi connectivity index (χ1n) is 8.13. The van der Waals surface area contributed by atoms with Crippen molar-refractivity contribution < 1.29 is 14.0 Å². The molecule has 0 spiro atoms. The van der Waals surface area contributed by atoms with Crippen molar-refractivity contribution in [2.45, 2.75) is 6.54 Å². The van der Waals surface area contributed by atoms with Gasteiger partial charge in [-0.3, -0.25) is 14.5 Å². The summed E-state index contributed by atoms with van der Waals surface area (Å²) in [6.45, 7) is 4.80. The Kier molecular flexibility index (Phi) is 7.50. The van der Waals surface area contributed by atoms with Gasteiger partial charge in [0.2, 0.25) is 11.8 Å². The maximum Gasteiger partial charge on any atom is 0.238 e. The van der Waals surface area contributed by atoms with Crippen LogP contribution in [0.25, 0.3) is 0 Å². The summed E-state index contributed by atoms with van der Waals surface area (Å²) in [4.78, 5) is 29.0. The van der Waals surface area contributed by atoms with Crippen molar-refractivity contribution in [2.75, 3.05) is 32.0 Å². The van der Waals surface area contributed by atoms with Crippen LogP contribution >= 0.6 is 11.3 Å². The van der Waals surface area contributed by atoms with Crippen LogP contribution in [0.15, 0.2) is 54.4 Å². The molecular weight excluding hydrogens is 353 g/mol. The van der Waals surface area contributed by atoms with Gasteiger partial charge in [0, 0.05) is 17.1 Å². The number of carbonyl (C=O) groups excluding carboxylic acids is 2. The quantitative estimate of drug-likeness (QED) is 0.686. The second-order valence-corrected chi connectivity index (χ2v) is 6.91. The molecule has 0 atom stereocenters. The van der Waals surface area contributed by atoms with E-state index in [1.165, 1.54) is 18.2 Å². The number of rotatable bonds is 9. The average Bonchev–Trinajstić information content (AvgIpc) is 3.07. The van der Waals surface area contributed by atoms with Gasteiger partial charge in [-0.15, -0.1) is 17.9 Å². The Morgan fingerprint density at radius 2 is 2.08 bits per heavy atom. The van der Waals surface area contributed by atoms with Gasteiger partial charge < -0.3 is 10.2 Å². The van der Waals surface area contributed by atoms with Crippen LogP contribution in [0.1, 0.15) is 4.88 Å². The number of hydrogen-bond donors (Lipinski definition) is 1. The Bertz CT molecular complexity index is 749. The first kappa shape index (κ1) is 19.8. The summed E-state index contributed by atoms with van der Waals surface area (Å²) in [5.74, 6) is -0.807. The van der Waals surface area contributed by atoms with Gasteiger partial charge in [-0.1, -0.05) is 18.2 Å². The molecule has 1 aromatic carbocycles. The monoisotopic (exact) mass is 375 g/mol. The van der Waals surface area contributed by atoms with Crippen molar-refractivity contribution >= 4 is 28.8 Å². The number of amides is 2. The summed E-state index contributed by atoms with van der Waals surface area (Å²) in [6.07, 6.45) is 1.68. The minimum atomic E-state index is -0.417. The van der Waals surface area contributed by atoms with E-state index < -0.39 is 5.82 Å². The van der Waals surface area contributed by atoms with E-state index in [0.717, 1.165) is 4.88 Å². The fourth-order valence-corrected chi connectivity index (χ4v) is 3.12. The van der Waals surface area contributed by atoms with Gasteiger partial charge >= 0.3 is 0 Å². The SMILES string of the molecule is C=CCN(Cc1cccs1)C(=O)CN(C)CC(=O)Nc1cccc(F)c1. The highest BCUT2D eigenvalue weighted by molar-refractivity contribution is 7.09. The zero-order valence-corrected chi connectivity index (χ0v) is 15.5. The Labute approximate surface area is 156 Å². The zero-order valence-electron chi connectivity index (χ0n) is 14.7. The summed E-state index contributed by atoms with van der Waals surface area (Å²) in [5.41, 5.74) is 0.390. The lowest BCUT2D eigenvalue weighted by Crippen LogP contribution is -2.41. The lowest BCUT2D eigenvalue weighted by molar-refractivity contribution is -0.132. The molecule has 26 heavy (non-hydrogen) atoms. The second-order valence-electron chi connectivity index (χ2n) is 5.87. The molecule has 0 aliphatic heterocycles. The molecule has 0 aliphatic carbocycles. The molecular formula is C19H22FN3O2S. The van der Waals surface area contributed by atoms with Gasteiger partial charge in [0.1, 0.15) is 5.82 Å². The number of halogens is 1. The summed E-state index contributed by atoms with van der Waals surface area (Å²) in [5, 5.41) is 4.58. The topological polar surface area (TPSA) is 52.7 Å². The third-order valence-corrected chi connectivity index (χ3v) is 4.42. The fraction of sp³-hybridized carbons (Fsp3) is 0.263. The van der Waals surface area contributed by atoms with Crippen LogP contribution in [-0.2, 0) is 16.1 Å². The largest absolute Gasteiger partial charge is 0.333 e. The highest BCUT2D eigenvalue weighted by Gasteiger charge is 2.17. The number of hydrogen-bond acceptors (Lipinski definition) is 4. The summed E-state index contributed by atoms with van der Waals surface area (Å²) >= 11 is 1.59. The minimum absolute atomic E-state index is 0.0309. The number of nitrogens with one attached hydrogen (secondary N) is 1. The maximum atomic E-state index is 13.1. The van der Waals surface area contributed by atoms with E-state index in [1.54, 1.807) is 40.3 Å². The van der Waals surface area contributed by atoms with Gasteiger partial charge in [0.25, 0.3) is 0 Å². The molecule has 5 nitrogen and oxygen atoms in total. The predicted octanol–water partition coefficient (Wildman–Crippen LogP) is 2.97. The minimum Gasteiger partial charge on any atom is -0.333 e. The van der Waals surface area contributed by atoms with E-state index in [4.69, 9.17) is 0 Å². The first-order valence-corrected chi connectivity index (χ1v) is 9.01. The predicted molar refractivity (Wildman–Crippen MR) is 102 cm³/mol. The third-order valence-electron chi connectivity index (χ3n) is 3.56. The number of anilines is 1. The molecule has 0 bridgehead atoms. The lowest BCUT2D eigenvalue weighted by Gasteiger charge is -2.24. The van der Waals surface area contributed by atoms with Crippen molar-refractivity contribution in [1.82, 2.24) is 9.80 Å². The molecule has 0 aliphatic rings. The van der Waals surface area contributed by atoms with Gasteiger partial charge in [-0.05, 0) is 36.7 Å². The zero-order chi connectivity index (χ0) is 18.9. The number of thiophene rings is 1. The van der Waals surface area contributed by atoms with Crippen LogP contribution in [0.2, 0.25) is 0 Å². The standard InChI is InChI=1S/C19H22FN3O2S/c1-3-9-23(12-17-8-5-10-26-17)19(25)14-22(2)13-18(24)21-16-7-4-6-15(20)11-16/h3-8,10-11H,1,9,12-14H2,2H3,(H,21,24). The fourth-order valence-electron chi connectivity index (χ4n) is 2.40. The highest BCUT2D eigenvalue weighted by Crippen LogP contribution is 2.12. The van der Waals surface area contributed by atoms with Gasteiger partial charge in [-0.25, -0.2) is 4.39 Å². The molecule has 2 rings (SSSR count). The second kappa shape index (κ2) is 9.84. The third kappa shape index (κ3) is 6.42. The van der Waals surface area contributed by atoms with Gasteiger partial charge in [0.15, 0.2) is 0 Å². The molecule has 138 valence electrons. The van der Waals surface area contributed by atoms with E-state index in [-0.39, 0.29) is 24.9 Å². The summed E-state index contributed by atoms with van der Waals surface area (Å²) < 4.78 is 13.1. The number of benzene rings is 1. The summed E-state index contributed by atoms with van der Waals surface area (Å²) in [7, 11) is 1.69. The normalized spacial score (nSPS) is 10.6. The van der Waals surface area contributed by atoms with Gasteiger partial charge in [0.05, 0.1) is 19.6 Å². The van der Waals surface area contributed by atoms with Crippen molar-refractivity contribution in [3.8, 4) is 0 Å². The molecule has 2 amide bonds. The van der Waals surface area contributed by atoms with E-state index >= 15 is 0 Å². The smallest absolute Gasteiger partial charge is 0.238 e. The Morgan fingerprint density at radius 1 is 1.27 bits per heavy atom.